The fraction of sp³-hybridized carbons (Fsp3) is 0.632. The number of carbonyl (C=O) groups is 3. The van der Waals surface area contributed by atoms with Crippen LogP contribution in [0.15, 0.2) is 109 Å². The summed E-state index contributed by atoms with van der Waals surface area (Å²) >= 11 is 0. The summed E-state index contributed by atoms with van der Waals surface area (Å²) in [6.07, 6.45) is 68.3. The third-order valence-corrected chi connectivity index (χ3v) is 10.3. The first-order valence-corrected chi connectivity index (χ1v) is 25.4. The van der Waals surface area contributed by atoms with E-state index >= 15 is 0 Å². The molecular formula is C57H92O6. The highest BCUT2D eigenvalue weighted by atomic mass is 16.6. The van der Waals surface area contributed by atoms with Crippen molar-refractivity contribution in [1.82, 2.24) is 0 Å². The van der Waals surface area contributed by atoms with E-state index in [0.717, 1.165) is 70.6 Å². The summed E-state index contributed by atoms with van der Waals surface area (Å²) in [4.78, 5) is 37.8. The first kappa shape index (κ1) is 59.1. The molecule has 0 N–H and O–H groups in total. The van der Waals surface area contributed by atoms with Gasteiger partial charge in [0, 0.05) is 12.8 Å². The van der Waals surface area contributed by atoms with Gasteiger partial charge in [0.05, 0.1) is 6.42 Å². The maximum atomic E-state index is 12.7. The molecule has 6 nitrogen and oxygen atoms in total. The van der Waals surface area contributed by atoms with E-state index in [0.29, 0.717) is 19.3 Å². The van der Waals surface area contributed by atoms with Crippen molar-refractivity contribution in [2.75, 3.05) is 13.2 Å². The summed E-state index contributed by atoms with van der Waals surface area (Å²) in [7, 11) is 0. The minimum atomic E-state index is -0.860. The Morgan fingerprint density at radius 2 is 0.667 bits per heavy atom. The van der Waals surface area contributed by atoms with Crippen LogP contribution in [-0.4, -0.2) is 37.2 Å². The molecule has 1 atom stereocenters. The third-order valence-electron chi connectivity index (χ3n) is 10.3. The van der Waals surface area contributed by atoms with Gasteiger partial charge in [-0.2, -0.15) is 0 Å². The van der Waals surface area contributed by atoms with E-state index < -0.39 is 12.1 Å². The highest BCUT2D eigenvalue weighted by Crippen LogP contribution is 2.15. The van der Waals surface area contributed by atoms with Crippen molar-refractivity contribution in [3.05, 3.63) is 109 Å². The summed E-state index contributed by atoms with van der Waals surface area (Å²) in [5.41, 5.74) is 0. The second kappa shape index (κ2) is 50.7. The van der Waals surface area contributed by atoms with Crippen LogP contribution in [0.3, 0.4) is 0 Å². The van der Waals surface area contributed by atoms with Gasteiger partial charge in [0.15, 0.2) is 6.10 Å². The van der Waals surface area contributed by atoms with E-state index in [1.807, 2.05) is 18.2 Å². The van der Waals surface area contributed by atoms with E-state index in [-0.39, 0.29) is 38.0 Å². The van der Waals surface area contributed by atoms with Crippen molar-refractivity contribution in [2.24, 2.45) is 0 Å². The van der Waals surface area contributed by atoms with Gasteiger partial charge >= 0.3 is 17.9 Å². The highest BCUT2D eigenvalue weighted by molar-refractivity contribution is 5.72. The van der Waals surface area contributed by atoms with Crippen LogP contribution >= 0.6 is 0 Å². The smallest absolute Gasteiger partial charge is 0.310 e. The first-order valence-electron chi connectivity index (χ1n) is 25.4. The lowest BCUT2D eigenvalue weighted by Crippen LogP contribution is -2.30. The van der Waals surface area contributed by atoms with E-state index in [9.17, 15) is 14.4 Å². The molecule has 0 aromatic rings. The predicted molar refractivity (Wildman–Crippen MR) is 270 cm³/mol. The third kappa shape index (κ3) is 49.0. The molecule has 0 aliphatic rings. The average Bonchev–Trinajstić information content (AvgIpc) is 3.28. The Labute approximate surface area is 387 Å². The Bertz CT molecular complexity index is 1330. The molecule has 0 bridgehead atoms. The molecule has 63 heavy (non-hydrogen) atoms. The molecule has 0 fully saturated rings. The molecule has 0 rings (SSSR count). The molecule has 356 valence electrons. The van der Waals surface area contributed by atoms with Crippen LogP contribution in [0.25, 0.3) is 0 Å². The fourth-order valence-corrected chi connectivity index (χ4v) is 6.59. The van der Waals surface area contributed by atoms with Crippen LogP contribution in [0.5, 0.6) is 0 Å². The molecule has 0 aromatic heterocycles. The van der Waals surface area contributed by atoms with Crippen LogP contribution in [0.4, 0.5) is 0 Å². The maximum absolute atomic E-state index is 12.7. The standard InChI is InChI=1S/C57H92O6/c1-4-7-10-13-16-19-22-25-27-28-30-32-35-38-41-44-47-50-56(59)62-53-54(52-61-55(58)49-46-43-40-37-34-31-24-21-18-15-12-9-6-3)63-57(60)51-48-45-42-39-36-33-29-26-23-20-17-14-11-8-5-2/h8-9,11-12,17-18,20-21,26,29,31,34,36,39-40,43,45,48,54H,4-7,10,13-16,19,22-25,27-28,30,32-33,35,37-38,41-42,44,46-47,49-53H2,1-3H3/b11-8-,12-9-,20-17-,21-18-,29-26-,34-31-,39-36-,43-40-,48-45-. The van der Waals surface area contributed by atoms with Crippen LogP contribution in [0, 0.1) is 0 Å². The number of hydrogen-bond acceptors (Lipinski definition) is 6. The van der Waals surface area contributed by atoms with Gasteiger partial charge in [-0.05, 0) is 70.6 Å². The lowest BCUT2D eigenvalue weighted by molar-refractivity contribution is -0.166. The normalized spacial score (nSPS) is 13.0. The Balaban J connectivity index is 4.56. The zero-order chi connectivity index (χ0) is 45.8. The highest BCUT2D eigenvalue weighted by Gasteiger charge is 2.19. The number of hydrogen-bond donors (Lipinski definition) is 0. The molecule has 0 amide bonds. The molecule has 0 spiro atoms. The second-order valence-corrected chi connectivity index (χ2v) is 16.3. The van der Waals surface area contributed by atoms with Crippen LogP contribution in [0.1, 0.15) is 213 Å². The van der Waals surface area contributed by atoms with Crippen LogP contribution in [0.2, 0.25) is 0 Å². The van der Waals surface area contributed by atoms with Gasteiger partial charge in [-0.25, -0.2) is 0 Å². The van der Waals surface area contributed by atoms with Gasteiger partial charge < -0.3 is 14.2 Å². The van der Waals surface area contributed by atoms with Crippen molar-refractivity contribution in [3.8, 4) is 0 Å². The molecule has 0 heterocycles. The second-order valence-electron chi connectivity index (χ2n) is 16.3. The van der Waals surface area contributed by atoms with Crippen molar-refractivity contribution in [1.29, 1.82) is 0 Å². The predicted octanol–water partition coefficient (Wildman–Crippen LogP) is 16.8. The number of rotatable bonds is 44. The Morgan fingerprint density at radius 1 is 0.349 bits per heavy atom. The molecule has 6 heteroatoms. The Hall–Kier alpha value is -3.93. The molecular weight excluding hydrogens is 781 g/mol. The Morgan fingerprint density at radius 3 is 1.05 bits per heavy atom. The average molecular weight is 873 g/mol. The van der Waals surface area contributed by atoms with Gasteiger partial charge in [0.2, 0.25) is 0 Å². The largest absolute Gasteiger partial charge is 0.462 e. The molecule has 0 aliphatic carbocycles. The van der Waals surface area contributed by atoms with Crippen LogP contribution < -0.4 is 0 Å². The van der Waals surface area contributed by atoms with E-state index in [4.69, 9.17) is 14.2 Å². The summed E-state index contributed by atoms with van der Waals surface area (Å²) in [6.45, 7) is 6.25. The van der Waals surface area contributed by atoms with Crippen molar-refractivity contribution >= 4 is 17.9 Å². The zero-order valence-corrected chi connectivity index (χ0v) is 40.5. The van der Waals surface area contributed by atoms with E-state index in [1.165, 1.54) is 89.9 Å². The molecule has 0 saturated heterocycles. The van der Waals surface area contributed by atoms with Gasteiger partial charge in [-0.15, -0.1) is 0 Å². The minimum absolute atomic E-state index is 0.0804. The molecule has 1 unspecified atom stereocenters. The number of carbonyl (C=O) groups excluding carboxylic acids is 3. The summed E-state index contributed by atoms with van der Waals surface area (Å²) in [5.74, 6) is -1.16. The van der Waals surface area contributed by atoms with E-state index in [2.05, 4.69) is 106 Å². The fourth-order valence-electron chi connectivity index (χ4n) is 6.59. The molecule has 0 radical (unpaired) electrons. The topological polar surface area (TPSA) is 78.9 Å². The van der Waals surface area contributed by atoms with Crippen molar-refractivity contribution in [3.63, 3.8) is 0 Å². The van der Waals surface area contributed by atoms with E-state index in [1.54, 1.807) is 6.08 Å². The SMILES string of the molecule is CC/C=C\C/C=C\C/C=C\C/C=C\C/C=C\CC(=O)OC(COC(=O)CC/C=C\C/C=C\C/C=C\C/C=C\CC)COC(=O)CCCCCCCCCCCCCCCCCCC. The molecule has 0 aromatic carbocycles. The van der Waals surface area contributed by atoms with Crippen LogP contribution in [-0.2, 0) is 28.6 Å². The van der Waals surface area contributed by atoms with Gasteiger partial charge in [0.25, 0.3) is 0 Å². The zero-order valence-electron chi connectivity index (χ0n) is 40.5. The van der Waals surface area contributed by atoms with Crippen molar-refractivity contribution < 1.29 is 28.6 Å². The summed E-state index contributed by atoms with van der Waals surface area (Å²) < 4.78 is 16.6. The number of ether oxygens (including phenoxy) is 3. The monoisotopic (exact) mass is 873 g/mol. The summed E-state index contributed by atoms with van der Waals surface area (Å²) in [6, 6.07) is 0. The quantitative estimate of drug-likeness (QED) is 0.0263. The van der Waals surface area contributed by atoms with Gasteiger partial charge in [-0.1, -0.05) is 233 Å². The van der Waals surface area contributed by atoms with Crippen molar-refractivity contribution in [2.45, 2.75) is 219 Å². The number of allylic oxidation sites excluding steroid dienone is 17. The lowest BCUT2D eigenvalue weighted by Gasteiger charge is -2.18. The van der Waals surface area contributed by atoms with Gasteiger partial charge in [-0.3, -0.25) is 14.4 Å². The summed E-state index contributed by atoms with van der Waals surface area (Å²) in [5, 5.41) is 0. The Kier molecular flexibility index (Phi) is 47.5. The number of esters is 3. The van der Waals surface area contributed by atoms with Gasteiger partial charge in [0.1, 0.15) is 13.2 Å². The maximum Gasteiger partial charge on any atom is 0.310 e. The molecule has 0 saturated carbocycles. The lowest BCUT2D eigenvalue weighted by atomic mass is 10.0. The molecule has 0 aliphatic heterocycles. The number of unbranched alkanes of at least 4 members (excludes halogenated alkanes) is 16. The minimum Gasteiger partial charge on any atom is -0.462 e. The first-order chi connectivity index (χ1) is 31.0.